The van der Waals surface area contributed by atoms with Crippen LogP contribution < -0.4 is 4.74 Å². The van der Waals surface area contributed by atoms with Crippen molar-refractivity contribution in [3.05, 3.63) is 41.3 Å². The molecule has 0 aliphatic carbocycles. The third kappa shape index (κ3) is 3.11. The zero-order valence-electron chi connectivity index (χ0n) is 11.1. The number of carbonyl (C=O) groups excluding carboxylic acids is 1. The Bertz CT molecular complexity index is 612. The first-order valence-electron chi connectivity index (χ1n) is 5.96. The van der Waals surface area contributed by atoms with Gasteiger partial charge in [-0.3, -0.25) is 0 Å². The van der Waals surface area contributed by atoms with Gasteiger partial charge in [0, 0.05) is 6.42 Å². The van der Waals surface area contributed by atoms with Gasteiger partial charge in [-0.25, -0.2) is 9.18 Å². The number of halogens is 1. The summed E-state index contributed by atoms with van der Waals surface area (Å²) in [4.78, 5) is 15.2. The third-order valence-corrected chi connectivity index (χ3v) is 2.52. The second-order valence-corrected chi connectivity index (χ2v) is 3.87. The summed E-state index contributed by atoms with van der Waals surface area (Å²) in [5.41, 5.74) is 0.348. The van der Waals surface area contributed by atoms with Crippen LogP contribution >= 0.6 is 0 Å². The third-order valence-electron chi connectivity index (χ3n) is 2.52. The molecule has 0 aliphatic rings. The van der Waals surface area contributed by atoms with Gasteiger partial charge in [-0.05, 0) is 30.7 Å². The van der Waals surface area contributed by atoms with Crippen molar-refractivity contribution >= 4 is 5.97 Å². The predicted octanol–water partition coefficient (Wildman–Crippen LogP) is 1.98. The first kappa shape index (κ1) is 14.0. The molecule has 0 N–H and O–H groups in total. The molecular formula is C13H13FN2O4. The molecule has 0 spiro atoms. The molecule has 0 aliphatic heterocycles. The van der Waals surface area contributed by atoms with E-state index in [1.807, 2.05) is 0 Å². The summed E-state index contributed by atoms with van der Waals surface area (Å²) in [6, 6.07) is 4.34. The molecule has 0 unspecified atom stereocenters. The van der Waals surface area contributed by atoms with E-state index >= 15 is 0 Å². The molecule has 1 aromatic heterocycles. The Labute approximate surface area is 114 Å². The van der Waals surface area contributed by atoms with Gasteiger partial charge in [-0.15, -0.1) is 0 Å². The van der Waals surface area contributed by atoms with E-state index in [1.165, 1.54) is 25.3 Å². The van der Waals surface area contributed by atoms with Gasteiger partial charge in [-0.2, -0.15) is 4.98 Å². The normalized spacial score (nSPS) is 10.3. The highest BCUT2D eigenvalue weighted by molar-refractivity contribution is 5.83. The molecule has 20 heavy (non-hydrogen) atoms. The summed E-state index contributed by atoms with van der Waals surface area (Å²) in [7, 11) is 1.49. The van der Waals surface area contributed by atoms with Crippen LogP contribution in [0.25, 0.3) is 0 Å². The maximum atomic E-state index is 13.6. The minimum absolute atomic E-state index is 0.0892. The number of carbonyl (C=O) groups is 1. The van der Waals surface area contributed by atoms with Crippen molar-refractivity contribution in [2.75, 3.05) is 13.7 Å². The standard InChI is InChI=1S/C13H13FN2O4/c1-3-19-13(17)12-15-11(16-20-12)7-8-6-9(18-2)4-5-10(8)14/h4-6H,3,7H2,1-2H3. The number of aromatic nitrogens is 2. The second kappa shape index (κ2) is 6.14. The lowest BCUT2D eigenvalue weighted by Gasteiger charge is -2.03. The van der Waals surface area contributed by atoms with Gasteiger partial charge >= 0.3 is 11.9 Å². The average Bonchev–Trinajstić information content (AvgIpc) is 2.90. The minimum atomic E-state index is -0.697. The van der Waals surface area contributed by atoms with E-state index in [9.17, 15) is 9.18 Å². The SMILES string of the molecule is CCOC(=O)c1nc(Cc2cc(OC)ccc2F)no1. The molecule has 106 valence electrons. The van der Waals surface area contributed by atoms with Crippen LogP contribution in [0.4, 0.5) is 4.39 Å². The lowest BCUT2D eigenvalue weighted by atomic mass is 10.1. The summed E-state index contributed by atoms with van der Waals surface area (Å²) in [6.07, 6.45) is 0.0892. The van der Waals surface area contributed by atoms with Gasteiger partial charge in [0.1, 0.15) is 11.6 Å². The highest BCUT2D eigenvalue weighted by Gasteiger charge is 2.17. The Balaban J connectivity index is 2.16. The quantitative estimate of drug-likeness (QED) is 0.780. The summed E-state index contributed by atoms with van der Waals surface area (Å²) in [5, 5.41) is 3.62. The van der Waals surface area contributed by atoms with Crippen LogP contribution in [-0.4, -0.2) is 29.8 Å². The van der Waals surface area contributed by atoms with Crippen molar-refractivity contribution in [2.24, 2.45) is 0 Å². The molecule has 1 heterocycles. The molecule has 2 rings (SSSR count). The first-order valence-corrected chi connectivity index (χ1v) is 5.96. The summed E-state index contributed by atoms with van der Waals surface area (Å²) >= 11 is 0. The summed E-state index contributed by atoms with van der Waals surface area (Å²) in [5.74, 6) is -0.633. The molecule has 0 atom stereocenters. The molecule has 0 saturated carbocycles. The Morgan fingerprint density at radius 1 is 1.45 bits per heavy atom. The smallest absolute Gasteiger partial charge is 0.397 e. The van der Waals surface area contributed by atoms with Crippen LogP contribution in [0.2, 0.25) is 0 Å². The molecule has 0 amide bonds. The number of hydrogen-bond donors (Lipinski definition) is 0. The molecule has 0 radical (unpaired) electrons. The van der Waals surface area contributed by atoms with Crippen molar-refractivity contribution < 1.29 is 23.2 Å². The lowest BCUT2D eigenvalue weighted by Crippen LogP contribution is -2.05. The highest BCUT2D eigenvalue weighted by Crippen LogP contribution is 2.18. The fourth-order valence-electron chi connectivity index (χ4n) is 1.59. The van der Waals surface area contributed by atoms with Crippen molar-refractivity contribution in [3.63, 3.8) is 0 Å². The van der Waals surface area contributed by atoms with Crippen molar-refractivity contribution in [1.82, 2.24) is 10.1 Å². The Hall–Kier alpha value is -2.44. The topological polar surface area (TPSA) is 74.5 Å². The maximum absolute atomic E-state index is 13.6. The van der Waals surface area contributed by atoms with Crippen molar-refractivity contribution in [1.29, 1.82) is 0 Å². The fraction of sp³-hybridized carbons (Fsp3) is 0.308. The molecule has 7 heteroatoms. The number of hydrogen-bond acceptors (Lipinski definition) is 6. The van der Waals surface area contributed by atoms with E-state index in [0.717, 1.165) is 0 Å². The number of benzene rings is 1. The van der Waals surface area contributed by atoms with Crippen LogP contribution in [0, 0.1) is 5.82 Å². The van der Waals surface area contributed by atoms with Gasteiger partial charge in [0.05, 0.1) is 13.7 Å². The van der Waals surface area contributed by atoms with E-state index in [0.29, 0.717) is 11.3 Å². The number of esters is 1. The average molecular weight is 280 g/mol. The van der Waals surface area contributed by atoms with E-state index in [-0.39, 0.29) is 24.7 Å². The van der Waals surface area contributed by atoms with Gasteiger partial charge in [0.2, 0.25) is 0 Å². The Morgan fingerprint density at radius 3 is 2.95 bits per heavy atom. The van der Waals surface area contributed by atoms with Crippen LogP contribution in [0.5, 0.6) is 5.75 Å². The molecule has 0 bridgehead atoms. The number of nitrogens with zero attached hydrogens (tertiary/aromatic N) is 2. The predicted molar refractivity (Wildman–Crippen MR) is 66.0 cm³/mol. The van der Waals surface area contributed by atoms with Gasteiger partial charge in [0.15, 0.2) is 5.82 Å². The van der Waals surface area contributed by atoms with Crippen LogP contribution in [0.3, 0.4) is 0 Å². The first-order chi connectivity index (χ1) is 9.63. The van der Waals surface area contributed by atoms with Crippen molar-refractivity contribution in [3.8, 4) is 5.75 Å². The van der Waals surface area contributed by atoms with E-state index < -0.39 is 11.8 Å². The Kier molecular flexibility index (Phi) is 4.29. The minimum Gasteiger partial charge on any atom is -0.497 e. The molecular weight excluding hydrogens is 267 g/mol. The van der Waals surface area contributed by atoms with E-state index in [2.05, 4.69) is 10.1 Å². The van der Waals surface area contributed by atoms with E-state index in [4.69, 9.17) is 14.0 Å². The molecule has 0 fully saturated rings. The van der Waals surface area contributed by atoms with E-state index in [1.54, 1.807) is 6.92 Å². The fourth-order valence-corrected chi connectivity index (χ4v) is 1.59. The van der Waals surface area contributed by atoms with Crippen LogP contribution in [-0.2, 0) is 11.2 Å². The number of methoxy groups -OCH3 is 1. The second-order valence-electron chi connectivity index (χ2n) is 3.87. The summed E-state index contributed by atoms with van der Waals surface area (Å²) < 4.78 is 28.1. The van der Waals surface area contributed by atoms with Crippen molar-refractivity contribution in [2.45, 2.75) is 13.3 Å². The summed E-state index contributed by atoms with van der Waals surface area (Å²) in [6.45, 7) is 1.88. The zero-order valence-corrected chi connectivity index (χ0v) is 11.1. The monoisotopic (exact) mass is 280 g/mol. The molecule has 2 aromatic rings. The van der Waals surface area contributed by atoms with Gasteiger partial charge in [-0.1, -0.05) is 5.16 Å². The largest absolute Gasteiger partial charge is 0.497 e. The lowest BCUT2D eigenvalue weighted by molar-refractivity contribution is 0.0470. The number of rotatable bonds is 5. The number of ether oxygens (including phenoxy) is 2. The molecule has 1 aromatic carbocycles. The molecule has 0 saturated heterocycles. The molecule has 6 nitrogen and oxygen atoms in total. The van der Waals surface area contributed by atoms with Gasteiger partial charge in [0.25, 0.3) is 0 Å². The maximum Gasteiger partial charge on any atom is 0.397 e. The zero-order chi connectivity index (χ0) is 14.5. The van der Waals surface area contributed by atoms with Crippen LogP contribution in [0.1, 0.15) is 29.0 Å². The van der Waals surface area contributed by atoms with Crippen LogP contribution in [0.15, 0.2) is 22.7 Å². The Morgan fingerprint density at radius 2 is 2.25 bits per heavy atom. The highest BCUT2D eigenvalue weighted by atomic mass is 19.1. The van der Waals surface area contributed by atoms with Gasteiger partial charge < -0.3 is 14.0 Å².